The van der Waals surface area contributed by atoms with E-state index in [4.69, 9.17) is 11.6 Å². The molecule has 1 unspecified atom stereocenters. The Morgan fingerprint density at radius 3 is 2.52 bits per heavy atom. The lowest BCUT2D eigenvalue weighted by Gasteiger charge is -2.34. The Bertz CT molecular complexity index is 916. The van der Waals surface area contributed by atoms with Gasteiger partial charge in [-0.3, -0.25) is 4.79 Å². The third kappa shape index (κ3) is 3.40. The van der Waals surface area contributed by atoms with E-state index in [1.54, 1.807) is 24.3 Å². The van der Waals surface area contributed by atoms with Crippen molar-refractivity contribution in [3.63, 3.8) is 0 Å². The van der Waals surface area contributed by atoms with Gasteiger partial charge in [0, 0.05) is 18.1 Å². The summed E-state index contributed by atoms with van der Waals surface area (Å²) >= 11 is 5.88. The zero-order valence-electron chi connectivity index (χ0n) is 13.4. The fraction of sp³-hybridized carbons (Fsp3) is 0.235. The molecule has 0 aliphatic carbocycles. The van der Waals surface area contributed by atoms with Gasteiger partial charge >= 0.3 is 0 Å². The van der Waals surface area contributed by atoms with E-state index in [1.807, 2.05) is 0 Å². The summed E-state index contributed by atoms with van der Waals surface area (Å²) in [5.74, 6) is -0.918. The Morgan fingerprint density at radius 2 is 1.88 bits per heavy atom. The van der Waals surface area contributed by atoms with E-state index in [9.17, 15) is 17.6 Å². The van der Waals surface area contributed by atoms with E-state index in [1.165, 1.54) is 13.0 Å². The monoisotopic (exact) mass is 382 g/mol. The van der Waals surface area contributed by atoms with Gasteiger partial charge in [0.2, 0.25) is 15.9 Å². The Kier molecular flexibility index (Phi) is 4.81. The average Bonchev–Trinajstić information content (AvgIpc) is 2.55. The SMILES string of the molecule is Cc1cc(F)ccc1S(=O)(=O)N1CCNC(=O)C1c1ccc(Cl)cc1. The predicted molar refractivity (Wildman–Crippen MR) is 92.2 cm³/mol. The van der Waals surface area contributed by atoms with Crippen LogP contribution in [-0.4, -0.2) is 31.7 Å². The van der Waals surface area contributed by atoms with Crippen molar-refractivity contribution in [2.24, 2.45) is 0 Å². The summed E-state index contributed by atoms with van der Waals surface area (Å²) in [5.41, 5.74) is 0.811. The van der Waals surface area contributed by atoms with Gasteiger partial charge in [-0.2, -0.15) is 4.31 Å². The molecule has 1 fully saturated rings. The van der Waals surface area contributed by atoms with Crippen LogP contribution in [0.3, 0.4) is 0 Å². The van der Waals surface area contributed by atoms with Crippen LogP contribution in [0.5, 0.6) is 0 Å². The molecule has 0 bridgehead atoms. The first-order valence-electron chi connectivity index (χ1n) is 7.62. The van der Waals surface area contributed by atoms with Gasteiger partial charge < -0.3 is 5.32 Å². The molecule has 0 saturated carbocycles. The van der Waals surface area contributed by atoms with Gasteiger partial charge in [0.15, 0.2) is 0 Å². The van der Waals surface area contributed by atoms with Crippen molar-refractivity contribution in [1.82, 2.24) is 9.62 Å². The fourth-order valence-electron chi connectivity index (χ4n) is 2.90. The van der Waals surface area contributed by atoms with E-state index in [0.717, 1.165) is 16.4 Å². The number of nitrogens with zero attached hydrogens (tertiary/aromatic N) is 1. The van der Waals surface area contributed by atoms with Crippen molar-refractivity contribution < 1.29 is 17.6 Å². The first kappa shape index (κ1) is 17.8. The average molecular weight is 383 g/mol. The molecule has 1 aliphatic heterocycles. The van der Waals surface area contributed by atoms with Crippen LogP contribution < -0.4 is 5.32 Å². The molecular weight excluding hydrogens is 367 g/mol. The number of piperazine rings is 1. The molecule has 0 radical (unpaired) electrons. The maximum atomic E-state index is 13.3. The lowest BCUT2D eigenvalue weighted by Crippen LogP contribution is -2.52. The van der Waals surface area contributed by atoms with Gasteiger partial charge in [0.05, 0.1) is 4.90 Å². The molecule has 0 spiro atoms. The third-order valence-corrected chi connectivity index (χ3v) is 6.35. The van der Waals surface area contributed by atoms with Crippen LogP contribution in [0.1, 0.15) is 17.2 Å². The molecule has 2 aromatic rings. The van der Waals surface area contributed by atoms with Gasteiger partial charge in [0.25, 0.3) is 0 Å². The Balaban J connectivity index is 2.08. The van der Waals surface area contributed by atoms with Gasteiger partial charge in [0.1, 0.15) is 11.9 Å². The van der Waals surface area contributed by atoms with Gasteiger partial charge in [-0.05, 0) is 48.4 Å². The number of rotatable bonds is 3. The highest BCUT2D eigenvalue weighted by Crippen LogP contribution is 2.31. The van der Waals surface area contributed by atoms with Crippen LogP contribution in [0.25, 0.3) is 0 Å². The number of hydrogen-bond donors (Lipinski definition) is 1. The number of aryl methyl sites for hydroxylation is 1. The van der Waals surface area contributed by atoms with Crippen LogP contribution >= 0.6 is 11.6 Å². The van der Waals surface area contributed by atoms with E-state index in [2.05, 4.69) is 5.32 Å². The zero-order valence-corrected chi connectivity index (χ0v) is 14.9. The summed E-state index contributed by atoms with van der Waals surface area (Å²) in [6, 6.07) is 8.94. The molecule has 132 valence electrons. The minimum Gasteiger partial charge on any atom is -0.353 e. The molecule has 0 aromatic heterocycles. The molecule has 1 atom stereocenters. The van der Waals surface area contributed by atoms with Gasteiger partial charge in [-0.1, -0.05) is 23.7 Å². The van der Waals surface area contributed by atoms with Crippen molar-refractivity contribution >= 4 is 27.5 Å². The summed E-state index contributed by atoms with van der Waals surface area (Å²) in [6.07, 6.45) is 0. The molecule has 1 heterocycles. The smallest absolute Gasteiger partial charge is 0.244 e. The summed E-state index contributed by atoms with van der Waals surface area (Å²) in [6.45, 7) is 1.86. The second-order valence-electron chi connectivity index (χ2n) is 5.77. The maximum absolute atomic E-state index is 13.3. The number of amides is 1. The van der Waals surface area contributed by atoms with Crippen molar-refractivity contribution in [1.29, 1.82) is 0 Å². The van der Waals surface area contributed by atoms with E-state index >= 15 is 0 Å². The van der Waals surface area contributed by atoms with Crippen LogP contribution in [0.2, 0.25) is 5.02 Å². The standard InChI is InChI=1S/C17H16ClFN2O3S/c1-11-10-14(19)6-7-15(11)25(23,24)21-9-8-20-17(22)16(21)12-2-4-13(18)5-3-12/h2-7,10,16H,8-9H2,1H3,(H,20,22). The Labute approximate surface area is 150 Å². The van der Waals surface area contributed by atoms with Crippen molar-refractivity contribution in [3.05, 3.63) is 64.4 Å². The highest BCUT2D eigenvalue weighted by atomic mass is 35.5. The highest BCUT2D eigenvalue weighted by Gasteiger charge is 2.40. The van der Waals surface area contributed by atoms with Crippen LogP contribution in [0, 0.1) is 12.7 Å². The van der Waals surface area contributed by atoms with Crippen molar-refractivity contribution in [2.45, 2.75) is 17.9 Å². The van der Waals surface area contributed by atoms with Crippen LogP contribution in [0.4, 0.5) is 4.39 Å². The van der Waals surface area contributed by atoms with E-state index in [0.29, 0.717) is 16.1 Å². The second-order valence-corrected chi connectivity index (χ2v) is 8.07. The van der Waals surface area contributed by atoms with Crippen LogP contribution in [0.15, 0.2) is 47.4 Å². The molecule has 1 aliphatic rings. The minimum absolute atomic E-state index is 0.0115. The molecule has 8 heteroatoms. The molecule has 3 rings (SSSR count). The molecule has 1 N–H and O–H groups in total. The number of halogens is 2. The minimum atomic E-state index is -3.98. The Morgan fingerprint density at radius 1 is 1.20 bits per heavy atom. The summed E-state index contributed by atoms with van der Waals surface area (Å²) in [4.78, 5) is 12.4. The number of sulfonamides is 1. The number of carbonyl (C=O) groups excluding carboxylic acids is 1. The Hall–Kier alpha value is -1.96. The molecular formula is C17H16ClFN2O3S. The van der Waals surface area contributed by atoms with Crippen LogP contribution in [-0.2, 0) is 14.8 Å². The second kappa shape index (κ2) is 6.74. The molecule has 5 nitrogen and oxygen atoms in total. The van der Waals surface area contributed by atoms with E-state index in [-0.39, 0.29) is 18.0 Å². The summed E-state index contributed by atoms with van der Waals surface area (Å²) in [7, 11) is -3.98. The number of carbonyl (C=O) groups is 1. The molecule has 25 heavy (non-hydrogen) atoms. The maximum Gasteiger partial charge on any atom is 0.244 e. The van der Waals surface area contributed by atoms with Gasteiger partial charge in [-0.25, -0.2) is 12.8 Å². The number of benzene rings is 2. The van der Waals surface area contributed by atoms with Gasteiger partial charge in [-0.15, -0.1) is 0 Å². The molecule has 1 saturated heterocycles. The zero-order chi connectivity index (χ0) is 18.2. The van der Waals surface area contributed by atoms with Crippen molar-refractivity contribution in [3.8, 4) is 0 Å². The number of nitrogens with one attached hydrogen (secondary N) is 1. The predicted octanol–water partition coefficient (Wildman–Crippen LogP) is 2.65. The quantitative estimate of drug-likeness (QED) is 0.887. The summed E-state index contributed by atoms with van der Waals surface area (Å²) in [5, 5.41) is 3.17. The van der Waals surface area contributed by atoms with Crippen molar-refractivity contribution in [2.75, 3.05) is 13.1 Å². The topological polar surface area (TPSA) is 66.5 Å². The highest BCUT2D eigenvalue weighted by molar-refractivity contribution is 7.89. The molecule has 2 aromatic carbocycles. The van der Waals surface area contributed by atoms with E-state index < -0.39 is 27.8 Å². The largest absolute Gasteiger partial charge is 0.353 e. The lowest BCUT2D eigenvalue weighted by atomic mass is 10.1. The first-order chi connectivity index (χ1) is 11.8. The summed E-state index contributed by atoms with van der Waals surface area (Å²) < 4.78 is 40.7. The lowest BCUT2D eigenvalue weighted by molar-refractivity contribution is -0.126. The fourth-order valence-corrected chi connectivity index (χ4v) is 4.81. The first-order valence-corrected chi connectivity index (χ1v) is 9.43. The third-order valence-electron chi connectivity index (χ3n) is 4.08. The molecule has 1 amide bonds. The number of hydrogen-bond acceptors (Lipinski definition) is 3. The normalized spacial score (nSPS) is 18.8.